The van der Waals surface area contributed by atoms with Gasteiger partial charge in [-0.15, -0.1) is 0 Å². The van der Waals surface area contributed by atoms with Crippen molar-refractivity contribution < 1.29 is 9.21 Å². The highest BCUT2D eigenvalue weighted by molar-refractivity contribution is 5.96. The Morgan fingerprint density at radius 1 is 1.22 bits per heavy atom. The third-order valence-corrected chi connectivity index (χ3v) is 6.53. The Morgan fingerprint density at radius 3 is 2.74 bits per heavy atom. The lowest BCUT2D eigenvalue weighted by Gasteiger charge is -2.49. The molecule has 7 nitrogen and oxygen atoms in total. The summed E-state index contributed by atoms with van der Waals surface area (Å²) in [6, 6.07) is 4.41. The van der Waals surface area contributed by atoms with Crippen LogP contribution in [0.25, 0.3) is 11.0 Å². The number of nitrogens with zero attached hydrogens (tertiary/aromatic N) is 3. The number of hydrogen-bond donors (Lipinski definition) is 2. The normalized spacial score (nSPS) is 30.6. The molecule has 0 saturated carbocycles. The van der Waals surface area contributed by atoms with Gasteiger partial charge < -0.3 is 20.0 Å². The quantitative estimate of drug-likeness (QED) is 0.853. The van der Waals surface area contributed by atoms with E-state index in [0.29, 0.717) is 17.7 Å². The van der Waals surface area contributed by atoms with Crippen LogP contribution in [0.15, 0.2) is 22.7 Å². The molecule has 0 radical (unpaired) electrons. The number of carbonyl (C=O) groups is 1. The Balaban J connectivity index is 1.34. The van der Waals surface area contributed by atoms with Gasteiger partial charge in [-0.25, -0.2) is 0 Å². The van der Waals surface area contributed by atoms with Crippen LogP contribution in [0.4, 0.5) is 5.88 Å². The monoisotopic (exact) mass is 369 g/mol. The van der Waals surface area contributed by atoms with E-state index in [1.54, 1.807) is 12.3 Å². The fraction of sp³-hybridized carbons (Fsp3) is 0.600. The molecule has 0 aliphatic carbocycles. The van der Waals surface area contributed by atoms with Crippen LogP contribution in [0.5, 0.6) is 0 Å². The van der Waals surface area contributed by atoms with Gasteiger partial charge in [0.2, 0.25) is 0 Å². The summed E-state index contributed by atoms with van der Waals surface area (Å²) >= 11 is 0. The lowest BCUT2D eigenvalue weighted by molar-refractivity contribution is 0.0216. The van der Waals surface area contributed by atoms with Crippen molar-refractivity contribution >= 4 is 22.8 Å². The molecular formula is C20H27N5O2. The first-order valence-electron chi connectivity index (χ1n) is 10.1. The molecule has 4 fully saturated rings. The predicted molar refractivity (Wildman–Crippen MR) is 104 cm³/mol. The minimum Gasteiger partial charge on any atom is -0.440 e. The number of pyridine rings is 1. The van der Waals surface area contributed by atoms with Gasteiger partial charge in [0, 0.05) is 62.0 Å². The second-order valence-electron chi connectivity index (χ2n) is 8.04. The average Bonchev–Trinajstić information content (AvgIpc) is 3.15. The van der Waals surface area contributed by atoms with Crippen LogP contribution >= 0.6 is 0 Å². The molecule has 2 aromatic heterocycles. The Morgan fingerprint density at radius 2 is 2.00 bits per heavy atom. The molecule has 4 aliphatic heterocycles. The highest BCUT2D eigenvalue weighted by Crippen LogP contribution is 2.32. The molecule has 4 aliphatic rings. The highest BCUT2D eigenvalue weighted by Gasteiger charge is 2.40. The molecule has 144 valence electrons. The predicted octanol–water partition coefficient (Wildman–Crippen LogP) is 1.45. The highest BCUT2D eigenvalue weighted by atomic mass is 16.4. The van der Waals surface area contributed by atoms with Gasteiger partial charge in [0.05, 0.1) is 0 Å². The van der Waals surface area contributed by atoms with E-state index in [4.69, 9.17) is 4.42 Å². The molecule has 0 spiro atoms. The third-order valence-electron chi connectivity index (χ3n) is 6.53. The van der Waals surface area contributed by atoms with E-state index in [9.17, 15) is 4.79 Å². The molecule has 4 saturated heterocycles. The van der Waals surface area contributed by atoms with Crippen molar-refractivity contribution in [2.24, 2.45) is 5.92 Å². The number of carbonyl (C=O) groups excluding carboxylic acids is 1. The van der Waals surface area contributed by atoms with E-state index < -0.39 is 0 Å². The van der Waals surface area contributed by atoms with E-state index in [-0.39, 0.29) is 11.9 Å². The van der Waals surface area contributed by atoms with Crippen LogP contribution in [0.1, 0.15) is 30.3 Å². The van der Waals surface area contributed by atoms with Gasteiger partial charge in [-0.1, -0.05) is 0 Å². The summed E-state index contributed by atoms with van der Waals surface area (Å²) in [6.07, 6.45) is 4.10. The molecule has 2 bridgehead atoms. The van der Waals surface area contributed by atoms with Gasteiger partial charge in [-0.3, -0.25) is 14.7 Å². The number of aromatic nitrogens is 1. The van der Waals surface area contributed by atoms with Crippen LogP contribution in [-0.2, 0) is 0 Å². The number of piperidine rings is 3. The topological polar surface area (TPSA) is 73.6 Å². The Bertz CT molecular complexity index is 834. The number of amides is 1. The molecule has 6 rings (SSSR count). The maximum Gasteiger partial charge on any atom is 0.270 e. The van der Waals surface area contributed by atoms with Crippen LogP contribution < -0.4 is 15.5 Å². The number of fused-ring (bicyclic) bond motifs is 4. The van der Waals surface area contributed by atoms with E-state index in [0.717, 1.165) is 56.1 Å². The number of hydrogen-bond acceptors (Lipinski definition) is 6. The van der Waals surface area contributed by atoms with Crippen molar-refractivity contribution in [1.29, 1.82) is 0 Å². The van der Waals surface area contributed by atoms with Gasteiger partial charge in [-0.2, -0.15) is 0 Å². The number of anilines is 1. The van der Waals surface area contributed by atoms with Crippen LogP contribution in [0.2, 0.25) is 0 Å². The second kappa shape index (κ2) is 6.80. The van der Waals surface area contributed by atoms with Gasteiger partial charge in [0.15, 0.2) is 5.88 Å². The maximum atomic E-state index is 12.8. The fourth-order valence-corrected chi connectivity index (χ4v) is 4.86. The SMILES string of the molecule is C[C@H]1[C@H](NC(=O)c2cc3oc(N4CCNCC4)cc3cn2)C2CCN1CC2. The first-order chi connectivity index (χ1) is 13.2. The number of furan rings is 1. The lowest BCUT2D eigenvalue weighted by atomic mass is 9.79. The first kappa shape index (κ1) is 17.0. The van der Waals surface area contributed by atoms with Crippen molar-refractivity contribution in [3.63, 3.8) is 0 Å². The minimum absolute atomic E-state index is 0.0948. The molecule has 0 aromatic carbocycles. The summed E-state index contributed by atoms with van der Waals surface area (Å²) < 4.78 is 6.03. The largest absolute Gasteiger partial charge is 0.440 e. The van der Waals surface area contributed by atoms with Crippen LogP contribution in [-0.4, -0.2) is 67.1 Å². The zero-order valence-electron chi connectivity index (χ0n) is 15.8. The fourth-order valence-electron chi connectivity index (χ4n) is 4.86. The first-order valence-corrected chi connectivity index (χ1v) is 10.1. The van der Waals surface area contributed by atoms with Crippen molar-refractivity contribution in [2.45, 2.75) is 31.8 Å². The number of nitrogens with one attached hydrogen (secondary N) is 2. The summed E-state index contributed by atoms with van der Waals surface area (Å²) in [7, 11) is 0. The Hall–Kier alpha value is -2.12. The molecule has 27 heavy (non-hydrogen) atoms. The molecule has 0 unspecified atom stereocenters. The molecule has 2 aromatic rings. The van der Waals surface area contributed by atoms with Crippen molar-refractivity contribution in [3.8, 4) is 0 Å². The molecule has 7 heteroatoms. The zero-order chi connectivity index (χ0) is 18.4. The summed E-state index contributed by atoms with van der Waals surface area (Å²) in [4.78, 5) is 21.9. The Labute approximate surface area is 159 Å². The van der Waals surface area contributed by atoms with Gasteiger partial charge >= 0.3 is 0 Å². The van der Waals surface area contributed by atoms with E-state index in [1.165, 1.54) is 12.8 Å². The summed E-state index contributed by atoms with van der Waals surface area (Å²) in [5.74, 6) is 1.35. The minimum atomic E-state index is -0.0948. The van der Waals surface area contributed by atoms with E-state index in [1.807, 2.05) is 6.07 Å². The van der Waals surface area contributed by atoms with Crippen LogP contribution in [0, 0.1) is 5.92 Å². The molecule has 6 heterocycles. The lowest BCUT2D eigenvalue weighted by Crippen LogP contribution is -2.62. The summed E-state index contributed by atoms with van der Waals surface area (Å²) in [6.45, 7) is 8.31. The van der Waals surface area contributed by atoms with E-state index >= 15 is 0 Å². The number of rotatable bonds is 3. The molecule has 1 amide bonds. The van der Waals surface area contributed by atoms with Crippen molar-refractivity contribution in [1.82, 2.24) is 20.5 Å². The number of piperazine rings is 1. The van der Waals surface area contributed by atoms with Gasteiger partial charge in [-0.05, 0) is 38.8 Å². The van der Waals surface area contributed by atoms with Crippen LogP contribution in [0.3, 0.4) is 0 Å². The summed E-state index contributed by atoms with van der Waals surface area (Å²) in [5, 5.41) is 7.53. The van der Waals surface area contributed by atoms with Crippen molar-refractivity contribution in [2.75, 3.05) is 44.2 Å². The second-order valence-corrected chi connectivity index (χ2v) is 8.04. The van der Waals surface area contributed by atoms with Gasteiger partial charge in [0.1, 0.15) is 11.3 Å². The van der Waals surface area contributed by atoms with Crippen molar-refractivity contribution in [3.05, 3.63) is 24.0 Å². The molecule has 2 N–H and O–H groups in total. The standard InChI is InChI=1S/C20H27N5O2/c1-13-19(14-2-6-24(13)7-3-14)23-20(26)16-11-17-15(12-22-16)10-18(27-17)25-8-4-21-5-9-25/h10-14,19,21H,2-9H2,1H3,(H,23,26)/t13-,19-/m0/s1. The van der Waals surface area contributed by atoms with Gasteiger partial charge in [0.25, 0.3) is 5.91 Å². The zero-order valence-corrected chi connectivity index (χ0v) is 15.8. The third kappa shape index (κ3) is 3.08. The average molecular weight is 369 g/mol. The smallest absolute Gasteiger partial charge is 0.270 e. The maximum absolute atomic E-state index is 12.8. The molecular weight excluding hydrogens is 342 g/mol. The Kier molecular flexibility index (Phi) is 4.28. The van der Waals surface area contributed by atoms with E-state index in [2.05, 4.69) is 32.3 Å². The molecule has 2 atom stereocenters. The summed E-state index contributed by atoms with van der Waals surface area (Å²) in [5.41, 5.74) is 1.16.